The lowest BCUT2D eigenvalue weighted by atomic mass is 10.2. The SMILES string of the molecule is C=C/C=C(/F)C(=C)C(F)(F)F. The lowest BCUT2D eigenvalue weighted by Gasteiger charge is -2.06. The van der Waals surface area contributed by atoms with Gasteiger partial charge in [-0.15, -0.1) is 0 Å². The molecule has 0 nitrogen and oxygen atoms in total. The van der Waals surface area contributed by atoms with E-state index in [0.717, 1.165) is 6.08 Å². The van der Waals surface area contributed by atoms with Crippen molar-refractivity contribution in [2.45, 2.75) is 6.18 Å². The smallest absolute Gasteiger partial charge is 0.206 e. The number of hydrogen-bond acceptors (Lipinski definition) is 0. The Morgan fingerprint density at radius 1 is 1.27 bits per heavy atom. The maximum absolute atomic E-state index is 12.3. The van der Waals surface area contributed by atoms with Gasteiger partial charge in [0.25, 0.3) is 0 Å². The lowest BCUT2D eigenvalue weighted by molar-refractivity contribution is -0.0906. The highest BCUT2D eigenvalue weighted by molar-refractivity contribution is 5.28. The molecule has 0 radical (unpaired) electrons. The largest absolute Gasteiger partial charge is 0.418 e. The zero-order valence-corrected chi connectivity index (χ0v) is 5.58. The van der Waals surface area contributed by atoms with Crippen LogP contribution < -0.4 is 0 Å². The third-order valence-electron chi connectivity index (χ3n) is 0.895. The van der Waals surface area contributed by atoms with Gasteiger partial charge in [-0.05, 0) is 6.08 Å². The Kier molecular flexibility index (Phi) is 3.04. The van der Waals surface area contributed by atoms with Crippen LogP contribution in [0.5, 0.6) is 0 Å². The summed E-state index contributed by atoms with van der Waals surface area (Å²) in [5.41, 5.74) is -1.49. The van der Waals surface area contributed by atoms with Gasteiger partial charge >= 0.3 is 6.18 Å². The molecule has 0 fully saturated rings. The summed E-state index contributed by atoms with van der Waals surface area (Å²) in [6, 6.07) is 0. The molecule has 0 N–H and O–H groups in total. The summed E-state index contributed by atoms with van der Waals surface area (Å²) in [5.74, 6) is -1.41. The molecule has 0 heterocycles. The molecule has 0 saturated carbocycles. The molecule has 0 spiro atoms. The van der Waals surface area contributed by atoms with Crippen LogP contribution in [0.1, 0.15) is 0 Å². The summed E-state index contributed by atoms with van der Waals surface area (Å²) in [6.07, 6.45) is -3.17. The minimum Gasteiger partial charge on any atom is -0.206 e. The molecule has 0 unspecified atom stereocenters. The van der Waals surface area contributed by atoms with Crippen molar-refractivity contribution in [1.82, 2.24) is 0 Å². The van der Waals surface area contributed by atoms with Crippen molar-refractivity contribution < 1.29 is 17.6 Å². The van der Waals surface area contributed by atoms with Crippen LogP contribution in [0.4, 0.5) is 17.6 Å². The lowest BCUT2D eigenvalue weighted by Crippen LogP contribution is -2.10. The summed E-state index contributed by atoms with van der Waals surface area (Å²) < 4.78 is 47.1. The fraction of sp³-hybridized carbons (Fsp3) is 0.143. The Labute approximate surface area is 61.5 Å². The van der Waals surface area contributed by atoms with Crippen LogP contribution in [0.2, 0.25) is 0 Å². The van der Waals surface area contributed by atoms with Gasteiger partial charge < -0.3 is 0 Å². The van der Waals surface area contributed by atoms with Gasteiger partial charge in [0.05, 0.1) is 5.57 Å². The first-order chi connectivity index (χ1) is 4.89. The molecule has 0 rings (SSSR count). The Balaban J connectivity index is 4.51. The average Bonchev–Trinajstić information content (AvgIpc) is 1.85. The van der Waals surface area contributed by atoms with E-state index >= 15 is 0 Å². The molecule has 0 aromatic carbocycles. The van der Waals surface area contributed by atoms with Gasteiger partial charge in [-0.2, -0.15) is 13.2 Å². The van der Waals surface area contributed by atoms with Gasteiger partial charge in [0.15, 0.2) is 0 Å². The summed E-state index contributed by atoms with van der Waals surface area (Å²) in [4.78, 5) is 0. The molecular formula is C7H6F4. The van der Waals surface area contributed by atoms with E-state index in [9.17, 15) is 17.6 Å². The predicted octanol–water partition coefficient (Wildman–Crippen LogP) is 3.14. The second kappa shape index (κ2) is 3.37. The number of halogens is 4. The monoisotopic (exact) mass is 166 g/mol. The normalized spacial score (nSPS) is 12.9. The number of hydrogen-bond donors (Lipinski definition) is 0. The van der Waals surface area contributed by atoms with Crippen LogP contribution in [0.3, 0.4) is 0 Å². The average molecular weight is 166 g/mol. The molecule has 0 aliphatic carbocycles. The van der Waals surface area contributed by atoms with Crippen molar-refractivity contribution in [3.05, 3.63) is 36.7 Å². The van der Waals surface area contributed by atoms with Crippen molar-refractivity contribution in [1.29, 1.82) is 0 Å². The summed E-state index contributed by atoms with van der Waals surface area (Å²) in [7, 11) is 0. The standard InChI is InChI=1S/C7H6F4/c1-3-4-6(8)5(2)7(9,10)11/h3-4H,1-2H2/b6-4+. The maximum atomic E-state index is 12.3. The first-order valence-corrected chi connectivity index (χ1v) is 2.64. The molecule has 4 heteroatoms. The molecule has 11 heavy (non-hydrogen) atoms. The number of allylic oxidation sites excluding steroid dienone is 4. The van der Waals surface area contributed by atoms with E-state index in [0.29, 0.717) is 6.08 Å². The molecule has 0 aliphatic heterocycles. The first kappa shape index (κ1) is 9.94. The first-order valence-electron chi connectivity index (χ1n) is 2.64. The van der Waals surface area contributed by atoms with E-state index < -0.39 is 17.6 Å². The van der Waals surface area contributed by atoms with Gasteiger partial charge in [0.1, 0.15) is 5.83 Å². The van der Waals surface area contributed by atoms with Crippen molar-refractivity contribution in [3.8, 4) is 0 Å². The molecule has 0 aromatic heterocycles. The van der Waals surface area contributed by atoms with Crippen LogP contribution in [0, 0.1) is 0 Å². The van der Waals surface area contributed by atoms with Gasteiger partial charge in [0, 0.05) is 0 Å². The van der Waals surface area contributed by atoms with Crippen LogP contribution in [-0.4, -0.2) is 6.18 Å². The molecule has 0 atom stereocenters. The quantitative estimate of drug-likeness (QED) is 0.436. The van der Waals surface area contributed by atoms with E-state index in [-0.39, 0.29) is 0 Å². The summed E-state index contributed by atoms with van der Waals surface area (Å²) in [5, 5.41) is 0. The Morgan fingerprint density at radius 2 is 1.73 bits per heavy atom. The molecule has 0 bridgehead atoms. The zero-order valence-electron chi connectivity index (χ0n) is 5.58. The van der Waals surface area contributed by atoms with Crippen molar-refractivity contribution in [2.24, 2.45) is 0 Å². The highest BCUT2D eigenvalue weighted by Crippen LogP contribution is 2.29. The maximum Gasteiger partial charge on any atom is 0.418 e. The fourth-order valence-corrected chi connectivity index (χ4v) is 0.339. The molecule has 0 saturated heterocycles. The van der Waals surface area contributed by atoms with Crippen molar-refractivity contribution >= 4 is 0 Å². The number of rotatable bonds is 2. The van der Waals surface area contributed by atoms with E-state index in [4.69, 9.17) is 0 Å². The molecule has 62 valence electrons. The second-order valence-corrected chi connectivity index (χ2v) is 1.73. The molecule has 0 aromatic rings. The third kappa shape index (κ3) is 3.02. The van der Waals surface area contributed by atoms with E-state index in [2.05, 4.69) is 13.2 Å². The topological polar surface area (TPSA) is 0 Å². The van der Waals surface area contributed by atoms with E-state index in [1.807, 2.05) is 0 Å². The summed E-state index contributed by atoms with van der Waals surface area (Å²) >= 11 is 0. The molecule has 0 aliphatic rings. The Hall–Kier alpha value is -1.06. The summed E-state index contributed by atoms with van der Waals surface area (Å²) in [6.45, 7) is 5.57. The zero-order chi connectivity index (χ0) is 9.07. The van der Waals surface area contributed by atoms with E-state index in [1.54, 1.807) is 0 Å². The van der Waals surface area contributed by atoms with Crippen molar-refractivity contribution in [3.63, 3.8) is 0 Å². The van der Waals surface area contributed by atoms with Gasteiger partial charge in [-0.25, -0.2) is 4.39 Å². The minimum atomic E-state index is -4.70. The van der Waals surface area contributed by atoms with Crippen LogP contribution in [0.15, 0.2) is 36.7 Å². The molecular weight excluding hydrogens is 160 g/mol. The second-order valence-electron chi connectivity index (χ2n) is 1.73. The highest BCUT2D eigenvalue weighted by Gasteiger charge is 2.34. The Bertz CT molecular complexity index is 197. The van der Waals surface area contributed by atoms with Crippen LogP contribution >= 0.6 is 0 Å². The van der Waals surface area contributed by atoms with E-state index in [1.165, 1.54) is 0 Å². The van der Waals surface area contributed by atoms with Gasteiger partial charge in [-0.1, -0.05) is 19.2 Å². The van der Waals surface area contributed by atoms with Crippen LogP contribution in [-0.2, 0) is 0 Å². The van der Waals surface area contributed by atoms with Crippen LogP contribution in [0.25, 0.3) is 0 Å². The Morgan fingerprint density at radius 3 is 2.00 bits per heavy atom. The highest BCUT2D eigenvalue weighted by atomic mass is 19.4. The fourth-order valence-electron chi connectivity index (χ4n) is 0.339. The predicted molar refractivity (Wildman–Crippen MR) is 34.6 cm³/mol. The van der Waals surface area contributed by atoms with Gasteiger partial charge in [0.2, 0.25) is 0 Å². The third-order valence-corrected chi connectivity index (χ3v) is 0.895. The number of alkyl halides is 3. The minimum absolute atomic E-state index is 0.607. The van der Waals surface area contributed by atoms with Crippen molar-refractivity contribution in [2.75, 3.05) is 0 Å². The molecule has 0 amide bonds. The van der Waals surface area contributed by atoms with Gasteiger partial charge in [-0.3, -0.25) is 0 Å².